The molecule has 0 radical (unpaired) electrons. The van der Waals surface area contributed by atoms with E-state index in [4.69, 9.17) is 5.48 Å². The van der Waals surface area contributed by atoms with Crippen molar-refractivity contribution in [3.63, 3.8) is 0 Å². The highest BCUT2D eigenvalue weighted by Crippen LogP contribution is 2.24. The Morgan fingerprint density at radius 2 is 2.32 bits per heavy atom. The molecule has 0 bridgehead atoms. The monoisotopic (exact) mass is 435 g/mol. The highest BCUT2D eigenvalue weighted by atomic mass is 79.9. The summed E-state index contributed by atoms with van der Waals surface area (Å²) in [6.07, 6.45) is -0.852. The van der Waals surface area contributed by atoms with Gasteiger partial charge in [-0.1, -0.05) is 16.4 Å². The summed E-state index contributed by atoms with van der Waals surface area (Å²) in [5, 5.41) is 19.9. The Kier molecular flexibility index (Phi) is 3.86. The van der Waals surface area contributed by atoms with Crippen molar-refractivity contribution in [1.82, 2.24) is 10.3 Å². The van der Waals surface area contributed by atoms with Crippen molar-refractivity contribution < 1.29 is 28.1 Å². The molecule has 0 aliphatic carbocycles. The molecule has 0 spiro atoms. The lowest BCUT2D eigenvalue weighted by Crippen LogP contribution is -2.13. The van der Waals surface area contributed by atoms with Gasteiger partial charge in [-0.2, -0.15) is 0 Å². The van der Waals surface area contributed by atoms with Gasteiger partial charge in [0.25, 0.3) is 0 Å². The molecule has 1 aliphatic heterocycles. The van der Waals surface area contributed by atoms with Crippen LogP contribution in [0.2, 0.25) is 0 Å². The standard InChI is InChI=1S/C15H15BrFN3O4S/c16-11-5-9(1-2-12(11)17)6-13(18-21)15-14(19-24-20-15)7-10-3-4-25(22,23)8-10/h1-2,5,10,21H,3-4,6-8H2/i4D2,8D2. The van der Waals surface area contributed by atoms with Crippen molar-refractivity contribution in [2.24, 2.45) is 11.1 Å². The van der Waals surface area contributed by atoms with E-state index >= 15 is 0 Å². The van der Waals surface area contributed by atoms with Gasteiger partial charge < -0.3 is 5.21 Å². The Balaban J connectivity index is 1.88. The molecule has 2 aromatic rings. The van der Waals surface area contributed by atoms with Crippen LogP contribution in [-0.4, -0.2) is 41.1 Å². The third-order valence-electron chi connectivity index (χ3n) is 3.59. The molecule has 7 nitrogen and oxygen atoms in total. The fourth-order valence-corrected chi connectivity index (χ4v) is 3.96. The third-order valence-corrected chi connectivity index (χ3v) is 5.39. The maximum absolute atomic E-state index is 13.4. The highest BCUT2D eigenvalue weighted by molar-refractivity contribution is 9.10. The smallest absolute Gasteiger partial charge is 0.156 e. The Labute approximate surface area is 157 Å². The number of halogens is 2. The van der Waals surface area contributed by atoms with Crippen molar-refractivity contribution in [2.75, 3.05) is 11.4 Å². The van der Waals surface area contributed by atoms with Crippen molar-refractivity contribution in [3.8, 4) is 0 Å². The van der Waals surface area contributed by atoms with Crippen LogP contribution in [0.25, 0.3) is 0 Å². The molecule has 134 valence electrons. The minimum Gasteiger partial charge on any atom is -0.411 e. The Morgan fingerprint density at radius 1 is 1.52 bits per heavy atom. The summed E-state index contributed by atoms with van der Waals surface area (Å²) in [7, 11) is -4.68. The van der Waals surface area contributed by atoms with Gasteiger partial charge in [-0.3, -0.25) is 0 Å². The first-order valence-corrected chi connectivity index (χ1v) is 9.39. The predicted octanol–water partition coefficient (Wildman–Crippen LogP) is 2.37. The number of oxime groups is 1. The largest absolute Gasteiger partial charge is 0.411 e. The normalized spacial score (nSPS) is 26.5. The lowest BCUT2D eigenvalue weighted by molar-refractivity contribution is 0.299. The number of rotatable bonds is 5. The Morgan fingerprint density at radius 3 is 2.96 bits per heavy atom. The van der Waals surface area contributed by atoms with E-state index in [1.807, 2.05) is 0 Å². The number of sulfone groups is 1. The summed E-state index contributed by atoms with van der Waals surface area (Å²) in [4.78, 5) is 0. The van der Waals surface area contributed by atoms with E-state index in [1.54, 1.807) is 0 Å². The van der Waals surface area contributed by atoms with E-state index in [2.05, 4.69) is 36.0 Å². The van der Waals surface area contributed by atoms with Crippen molar-refractivity contribution in [1.29, 1.82) is 0 Å². The predicted molar refractivity (Wildman–Crippen MR) is 90.9 cm³/mol. The number of hydrogen-bond donors (Lipinski definition) is 1. The van der Waals surface area contributed by atoms with Gasteiger partial charge in [0.05, 0.1) is 15.9 Å². The van der Waals surface area contributed by atoms with E-state index in [0.717, 1.165) is 0 Å². The number of benzene rings is 1. The molecular weight excluding hydrogens is 417 g/mol. The van der Waals surface area contributed by atoms with Crippen LogP contribution in [-0.2, 0) is 22.7 Å². The van der Waals surface area contributed by atoms with Gasteiger partial charge in [-0.15, -0.1) is 0 Å². The van der Waals surface area contributed by atoms with E-state index in [-0.39, 0.29) is 34.4 Å². The van der Waals surface area contributed by atoms with Gasteiger partial charge in [0.15, 0.2) is 15.5 Å². The molecule has 3 rings (SSSR count). The number of aromatic nitrogens is 2. The summed E-state index contributed by atoms with van der Waals surface area (Å²) in [5.41, 5.74) is -4.97. The zero-order valence-electron chi connectivity index (χ0n) is 16.6. The lowest BCUT2D eigenvalue weighted by atomic mass is 9.98. The summed E-state index contributed by atoms with van der Waals surface area (Å²) < 4.78 is 73.6. The second-order valence-corrected chi connectivity index (χ2v) is 7.79. The van der Waals surface area contributed by atoms with Crippen LogP contribution in [0.15, 0.2) is 32.5 Å². The van der Waals surface area contributed by atoms with Crippen LogP contribution in [0.5, 0.6) is 0 Å². The molecule has 1 atom stereocenters. The molecule has 1 fully saturated rings. The maximum atomic E-state index is 13.4. The molecule has 25 heavy (non-hydrogen) atoms. The first-order chi connectivity index (χ1) is 13.4. The van der Waals surface area contributed by atoms with Crippen LogP contribution < -0.4 is 0 Å². The van der Waals surface area contributed by atoms with Crippen LogP contribution in [0, 0.1) is 11.7 Å². The first-order valence-electron chi connectivity index (χ1n) is 9.11. The van der Waals surface area contributed by atoms with E-state index < -0.39 is 39.4 Å². The minimum atomic E-state index is -4.68. The van der Waals surface area contributed by atoms with Crippen molar-refractivity contribution in [2.45, 2.75) is 19.3 Å². The van der Waals surface area contributed by atoms with Gasteiger partial charge >= 0.3 is 0 Å². The average molecular weight is 436 g/mol. The molecule has 0 amide bonds. The van der Waals surface area contributed by atoms with Crippen LogP contribution in [0.4, 0.5) is 4.39 Å². The molecule has 1 aromatic carbocycles. The SMILES string of the molecule is [2H]C1([2H])CC(Cc2nonc2C(Cc2ccc(F)c(Br)c2)=NO)C([2H])([2H])S1(=O)=O. The summed E-state index contributed by atoms with van der Waals surface area (Å²) in [6, 6.07) is 4.16. The molecular formula is C15H15BrFN3O4S. The fourth-order valence-electron chi connectivity index (χ4n) is 2.43. The van der Waals surface area contributed by atoms with Crippen molar-refractivity contribution in [3.05, 3.63) is 45.4 Å². The number of hydrogen-bond acceptors (Lipinski definition) is 7. The lowest BCUT2D eigenvalue weighted by Gasteiger charge is -2.07. The summed E-state index contributed by atoms with van der Waals surface area (Å²) in [6.45, 7) is 0. The molecule has 1 saturated heterocycles. The molecule has 1 aromatic heterocycles. The zero-order valence-corrected chi connectivity index (χ0v) is 15.0. The second kappa shape index (κ2) is 7.20. The van der Waals surface area contributed by atoms with E-state index in [0.29, 0.717) is 5.56 Å². The molecule has 1 aliphatic rings. The number of nitrogens with zero attached hydrogens (tertiary/aromatic N) is 3. The van der Waals surface area contributed by atoms with Gasteiger partial charge in [0, 0.05) is 11.9 Å². The van der Waals surface area contributed by atoms with Gasteiger partial charge in [-0.05, 0) is 57.5 Å². The fraction of sp³-hybridized carbons (Fsp3) is 0.400. The van der Waals surface area contributed by atoms with Gasteiger partial charge in [0.1, 0.15) is 17.2 Å². The van der Waals surface area contributed by atoms with Crippen LogP contribution in [0.1, 0.15) is 28.9 Å². The van der Waals surface area contributed by atoms with E-state index in [1.165, 1.54) is 18.2 Å². The minimum absolute atomic E-state index is 0.00722. The maximum Gasteiger partial charge on any atom is 0.156 e. The van der Waals surface area contributed by atoms with Crippen LogP contribution >= 0.6 is 15.9 Å². The second-order valence-electron chi connectivity index (χ2n) is 5.40. The van der Waals surface area contributed by atoms with Crippen LogP contribution in [0.3, 0.4) is 0 Å². The average Bonchev–Trinajstić information content (AvgIpc) is 3.13. The molecule has 2 heterocycles. The third kappa shape index (κ3) is 4.24. The zero-order chi connectivity index (χ0) is 21.6. The topological polar surface area (TPSA) is 106 Å². The Bertz CT molecular complexity index is 1080. The molecule has 0 saturated carbocycles. The highest BCUT2D eigenvalue weighted by Gasteiger charge is 2.30. The Hall–Kier alpha value is -1.81. The quantitative estimate of drug-likeness (QED) is 0.438. The molecule has 1 unspecified atom stereocenters. The van der Waals surface area contributed by atoms with Gasteiger partial charge in [-0.25, -0.2) is 17.4 Å². The molecule has 1 N–H and O–H groups in total. The summed E-state index contributed by atoms with van der Waals surface area (Å²) in [5.74, 6) is -1.72. The first kappa shape index (κ1) is 13.4. The van der Waals surface area contributed by atoms with Gasteiger partial charge in [0.2, 0.25) is 0 Å². The summed E-state index contributed by atoms with van der Waals surface area (Å²) >= 11 is 3.06. The molecule has 10 heteroatoms. The van der Waals surface area contributed by atoms with Crippen molar-refractivity contribution >= 4 is 31.5 Å². The van der Waals surface area contributed by atoms with E-state index in [9.17, 15) is 18.0 Å².